The number of hydrogen-bond donors (Lipinski definition) is 3. The molecule has 1 aliphatic carbocycles. The Morgan fingerprint density at radius 1 is 0.714 bits per heavy atom. The number of hydrogen-bond acceptors (Lipinski definition) is 5. The molecular weight excluding hydrogens is 446 g/mol. The van der Waals surface area contributed by atoms with E-state index in [0.29, 0.717) is 16.9 Å². The molecule has 3 aromatic carbocycles. The molecule has 4 rings (SSSR count). The van der Waals surface area contributed by atoms with E-state index in [9.17, 15) is 19.2 Å². The van der Waals surface area contributed by atoms with Gasteiger partial charge in [0.2, 0.25) is 5.91 Å². The van der Waals surface area contributed by atoms with Crippen LogP contribution < -0.4 is 16.0 Å². The fourth-order valence-corrected chi connectivity index (χ4v) is 3.42. The van der Waals surface area contributed by atoms with Crippen LogP contribution in [0.4, 0.5) is 11.4 Å². The highest BCUT2D eigenvalue weighted by atomic mass is 16.5. The first kappa shape index (κ1) is 23.7. The lowest BCUT2D eigenvalue weighted by Gasteiger charge is -2.13. The lowest BCUT2D eigenvalue weighted by atomic mass is 10.1. The Kier molecular flexibility index (Phi) is 7.52. The molecule has 0 saturated heterocycles. The first-order valence-electron chi connectivity index (χ1n) is 11.3. The van der Waals surface area contributed by atoms with E-state index in [1.165, 1.54) is 6.07 Å². The third kappa shape index (κ3) is 6.77. The maximum Gasteiger partial charge on any atom is 0.340 e. The van der Waals surface area contributed by atoms with Gasteiger partial charge in [0.15, 0.2) is 6.61 Å². The Labute approximate surface area is 202 Å². The summed E-state index contributed by atoms with van der Waals surface area (Å²) in [5.41, 5.74) is 1.94. The summed E-state index contributed by atoms with van der Waals surface area (Å²) in [4.78, 5) is 49.9. The number of nitrogens with one attached hydrogen (secondary N) is 3. The van der Waals surface area contributed by atoms with Crippen molar-refractivity contribution in [1.82, 2.24) is 5.32 Å². The number of para-hydroxylation sites is 2. The molecule has 0 radical (unpaired) electrons. The Hall–Kier alpha value is -4.46. The summed E-state index contributed by atoms with van der Waals surface area (Å²) in [5.74, 6) is -1.89. The summed E-state index contributed by atoms with van der Waals surface area (Å²) in [7, 11) is 0. The van der Waals surface area contributed by atoms with E-state index in [4.69, 9.17) is 4.74 Å². The first-order chi connectivity index (χ1) is 17.0. The Bertz CT molecular complexity index is 1240. The summed E-state index contributed by atoms with van der Waals surface area (Å²) in [5, 5.41) is 8.22. The van der Waals surface area contributed by atoms with Crippen LogP contribution in [-0.4, -0.2) is 36.3 Å². The third-order valence-electron chi connectivity index (χ3n) is 5.32. The summed E-state index contributed by atoms with van der Waals surface area (Å²) in [6.07, 6.45) is 2.05. The molecule has 1 aliphatic rings. The van der Waals surface area contributed by atoms with Gasteiger partial charge >= 0.3 is 5.97 Å². The number of carbonyl (C=O) groups is 4. The second-order valence-corrected chi connectivity index (χ2v) is 8.17. The molecule has 8 nitrogen and oxygen atoms in total. The summed E-state index contributed by atoms with van der Waals surface area (Å²) < 4.78 is 5.17. The van der Waals surface area contributed by atoms with E-state index in [0.717, 1.165) is 18.4 Å². The van der Waals surface area contributed by atoms with Crippen LogP contribution in [0.5, 0.6) is 0 Å². The van der Waals surface area contributed by atoms with Gasteiger partial charge in [-0.1, -0.05) is 54.6 Å². The Balaban J connectivity index is 1.34. The van der Waals surface area contributed by atoms with Crippen LogP contribution in [0.25, 0.3) is 0 Å². The van der Waals surface area contributed by atoms with Gasteiger partial charge in [0.25, 0.3) is 11.8 Å². The summed E-state index contributed by atoms with van der Waals surface area (Å²) >= 11 is 0. The van der Waals surface area contributed by atoms with Crippen molar-refractivity contribution < 1.29 is 23.9 Å². The highest BCUT2D eigenvalue weighted by Crippen LogP contribution is 2.22. The van der Waals surface area contributed by atoms with Gasteiger partial charge in [-0.05, 0) is 42.7 Å². The smallest absolute Gasteiger partial charge is 0.340 e. The minimum Gasteiger partial charge on any atom is -0.452 e. The van der Waals surface area contributed by atoms with Crippen LogP contribution in [0.15, 0.2) is 78.9 Å². The van der Waals surface area contributed by atoms with Crippen LogP contribution in [0.3, 0.4) is 0 Å². The van der Waals surface area contributed by atoms with E-state index in [2.05, 4.69) is 16.0 Å². The van der Waals surface area contributed by atoms with Crippen molar-refractivity contribution in [2.24, 2.45) is 0 Å². The van der Waals surface area contributed by atoms with Gasteiger partial charge in [-0.15, -0.1) is 0 Å². The van der Waals surface area contributed by atoms with Crippen molar-refractivity contribution in [3.63, 3.8) is 0 Å². The standard InChI is InChI=1S/C27H25N3O5/c31-24(16-18-8-2-1-3-9-18)29-23-13-7-5-11-21(23)27(34)35-17-25(32)30-22-12-6-4-10-20(22)26(33)28-19-14-15-19/h1-13,19H,14-17H2,(H,28,33)(H,29,31)(H,30,32). The van der Waals surface area contributed by atoms with Gasteiger partial charge in [0.1, 0.15) is 0 Å². The molecule has 3 aromatic rings. The van der Waals surface area contributed by atoms with Crippen LogP contribution in [-0.2, 0) is 20.7 Å². The first-order valence-corrected chi connectivity index (χ1v) is 11.3. The maximum atomic E-state index is 12.6. The van der Waals surface area contributed by atoms with Crippen molar-refractivity contribution in [2.75, 3.05) is 17.2 Å². The highest BCUT2D eigenvalue weighted by Gasteiger charge is 2.25. The van der Waals surface area contributed by atoms with Crippen molar-refractivity contribution in [2.45, 2.75) is 25.3 Å². The molecule has 3 amide bonds. The molecule has 0 unspecified atom stereocenters. The Morgan fingerprint density at radius 2 is 1.29 bits per heavy atom. The quantitative estimate of drug-likeness (QED) is 0.413. The van der Waals surface area contributed by atoms with E-state index in [1.807, 2.05) is 30.3 Å². The Morgan fingerprint density at radius 3 is 1.97 bits per heavy atom. The average molecular weight is 472 g/mol. The molecule has 35 heavy (non-hydrogen) atoms. The molecule has 178 valence electrons. The minimum absolute atomic E-state index is 0.130. The predicted octanol–water partition coefficient (Wildman–Crippen LogP) is 3.56. The fraction of sp³-hybridized carbons (Fsp3) is 0.185. The number of benzene rings is 3. The molecular formula is C27H25N3O5. The molecule has 0 aromatic heterocycles. The molecule has 3 N–H and O–H groups in total. The van der Waals surface area contributed by atoms with Gasteiger partial charge in [-0.3, -0.25) is 14.4 Å². The molecule has 0 spiro atoms. The fourth-order valence-electron chi connectivity index (χ4n) is 3.42. The normalized spacial score (nSPS) is 12.3. The average Bonchev–Trinajstić information content (AvgIpc) is 3.68. The summed E-state index contributed by atoms with van der Waals surface area (Å²) in [6, 6.07) is 22.5. The van der Waals surface area contributed by atoms with Gasteiger partial charge in [-0.25, -0.2) is 4.79 Å². The molecule has 1 fully saturated rings. The SMILES string of the molecule is O=C(COC(=O)c1ccccc1NC(=O)Cc1ccccc1)Nc1ccccc1C(=O)NC1CC1. The molecule has 0 atom stereocenters. The van der Waals surface area contributed by atoms with Crippen LogP contribution in [0.1, 0.15) is 39.1 Å². The maximum absolute atomic E-state index is 12.6. The van der Waals surface area contributed by atoms with E-state index in [1.54, 1.807) is 42.5 Å². The van der Waals surface area contributed by atoms with Crippen LogP contribution in [0, 0.1) is 0 Å². The predicted molar refractivity (Wildman–Crippen MR) is 131 cm³/mol. The third-order valence-corrected chi connectivity index (χ3v) is 5.32. The number of esters is 1. The topological polar surface area (TPSA) is 114 Å². The van der Waals surface area contributed by atoms with Crippen molar-refractivity contribution in [1.29, 1.82) is 0 Å². The van der Waals surface area contributed by atoms with E-state index < -0.39 is 18.5 Å². The zero-order chi connectivity index (χ0) is 24.6. The van der Waals surface area contributed by atoms with E-state index in [-0.39, 0.29) is 29.8 Å². The lowest BCUT2D eigenvalue weighted by molar-refractivity contribution is -0.119. The molecule has 0 heterocycles. The second-order valence-electron chi connectivity index (χ2n) is 8.17. The highest BCUT2D eigenvalue weighted by molar-refractivity contribution is 6.05. The molecule has 0 aliphatic heterocycles. The lowest BCUT2D eigenvalue weighted by Crippen LogP contribution is -2.28. The van der Waals surface area contributed by atoms with Gasteiger partial charge < -0.3 is 20.7 Å². The zero-order valence-electron chi connectivity index (χ0n) is 19.0. The zero-order valence-corrected chi connectivity index (χ0v) is 19.0. The van der Waals surface area contributed by atoms with Gasteiger partial charge in [-0.2, -0.15) is 0 Å². The van der Waals surface area contributed by atoms with Crippen LogP contribution >= 0.6 is 0 Å². The number of anilines is 2. The number of carbonyl (C=O) groups excluding carboxylic acids is 4. The van der Waals surface area contributed by atoms with Crippen LogP contribution in [0.2, 0.25) is 0 Å². The minimum atomic E-state index is -0.754. The van der Waals surface area contributed by atoms with Crippen molar-refractivity contribution in [3.8, 4) is 0 Å². The molecule has 0 bridgehead atoms. The van der Waals surface area contributed by atoms with Crippen molar-refractivity contribution in [3.05, 3.63) is 95.6 Å². The number of amides is 3. The summed E-state index contributed by atoms with van der Waals surface area (Å²) in [6.45, 7) is -0.552. The largest absolute Gasteiger partial charge is 0.452 e. The van der Waals surface area contributed by atoms with Gasteiger partial charge in [0, 0.05) is 6.04 Å². The molecule has 8 heteroatoms. The van der Waals surface area contributed by atoms with E-state index >= 15 is 0 Å². The monoisotopic (exact) mass is 471 g/mol. The van der Waals surface area contributed by atoms with Crippen molar-refractivity contribution >= 4 is 35.1 Å². The molecule has 1 saturated carbocycles. The van der Waals surface area contributed by atoms with Gasteiger partial charge in [0.05, 0.1) is 28.9 Å². The number of ether oxygens (including phenoxy) is 1. The second kappa shape index (κ2) is 11.1. The number of rotatable bonds is 9.